The normalized spacial score (nSPS) is 18.1. The summed E-state index contributed by atoms with van der Waals surface area (Å²) in [6, 6.07) is 13.6. The van der Waals surface area contributed by atoms with Crippen molar-refractivity contribution in [2.45, 2.75) is 36.2 Å². The van der Waals surface area contributed by atoms with Gasteiger partial charge in [-0.25, -0.2) is 9.07 Å². The lowest BCUT2D eigenvalue weighted by atomic mass is 9.85. The van der Waals surface area contributed by atoms with Gasteiger partial charge in [0, 0.05) is 28.5 Å². The third-order valence-electron chi connectivity index (χ3n) is 5.29. The first-order chi connectivity index (χ1) is 14.6. The molecule has 1 atom stereocenters. The van der Waals surface area contributed by atoms with E-state index in [-0.39, 0.29) is 17.6 Å². The van der Waals surface area contributed by atoms with Crippen molar-refractivity contribution in [1.29, 1.82) is 0 Å². The first-order valence-electron chi connectivity index (χ1n) is 9.71. The molecule has 8 heteroatoms. The second-order valence-corrected chi connectivity index (χ2v) is 8.71. The standard InChI is InChI=1S/C22H18ClFN4OS/c23-15-4-1-3-14(11-15)20-19-17(5-2-6-18(19)29)25-21-26-22(27-28(20)21)30-12-13-7-9-16(24)10-8-13/h1,3-4,7-11,20H,2,5-6,12H2,(H,25,26,27). The lowest BCUT2D eigenvalue weighted by molar-refractivity contribution is -0.116. The summed E-state index contributed by atoms with van der Waals surface area (Å²) in [5.74, 6) is 1.12. The molecule has 0 bridgehead atoms. The Balaban J connectivity index is 1.50. The highest BCUT2D eigenvalue weighted by molar-refractivity contribution is 7.98. The van der Waals surface area contributed by atoms with Crippen molar-refractivity contribution in [3.8, 4) is 0 Å². The Labute approximate surface area is 182 Å². The van der Waals surface area contributed by atoms with E-state index in [1.807, 2.05) is 24.3 Å². The summed E-state index contributed by atoms with van der Waals surface area (Å²) in [6.07, 6.45) is 2.17. The minimum absolute atomic E-state index is 0.135. The van der Waals surface area contributed by atoms with E-state index in [4.69, 9.17) is 16.7 Å². The van der Waals surface area contributed by atoms with Crippen molar-refractivity contribution >= 4 is 35.1 Å². The minimum Gasteiger partial charge on any atom is -0.328 e. The van der Waals surface area contributed by atoms with Crippen LogP contribution in [0.2, 0.25) is 5.02 Å². The van der Waals surface area contributed by atoms with E-state index in [1.54, 1.807) is 16.8 Å². The van der Waals surface area contributed by atoms with E-state index in [0.29, 0.717) is 28.3 Å². The predicted octanol–water partition coefficient (Wildman–Crippen LogP) is 5.38. The molecule has 0 radical (unpaired) electrons. The number of Topliss-reactive ketones (excluding diaryl/α,β-unsaturated/α-hetero) is 1. The van der Waals surface area contributed by atoms with Crippen LogP contribution in [-0.4, -0.2) is 20.5 Å². The van der Waals surface area contributed by atoms with Gasteiger partial charge in [-0.05, 0) is 48.2 Å². The number of hydrogen-bond donors (Lipinski definition) is 1. The molecule has 5 nitrogen and oxygen atoms in total. The van der Waals surface area contributed by atoms with E-state index in [2.05, 4.69) is 10.3 Å². The molecule has 30 heavy (non-hydrogen) atoms. The van der Waals surface area contributed by atoms with Gasteiger partial charge in [0.25, 0.3) is 0 Å². The number of hydrogen-bond acceptors (Lipinski definition) is 5. The van der Waals surface area contributed by atoms with E-state index >= 15 is 0 Å². The zero-order valence-electron chi connectivity index (χ0n) is 15.9. The largest absolute Gasteiger partial charge is 0.328 e. The lowest BCUT2D eigenvalue weighted by Crippen LogP contribution is -2.31. The maximum atomic E-state index is 13.1. The molecule has 0 saturated carbocycles. The number of thioether (sulfide) groups is 1. The number of nitrogens with one attached hydrogen (secondary N) is 1. The Kier molecular flexibility index (Phi) is 5.08. The number of nitrogens with zero attached hydrogens (tertiary/aromatic N) is 3. The van der Waals surface area contributed by atoms with Crippen LogP contribution in [0.1, 0.15) is 36.4 Å². The van der Waals surface area contributed by atoms with Gasteiger partial charge in [0.2, 0.25) is 11.1 Å². The molecular formula is C22H18ClFN4OS. The number of halogens is 2. The number of rotatable bonds is 4. The summed E-state index contributed by atoms with van der Waals surface area (Å²) in [7, 11) is 0. The molecule has 1 aromatic heterocycles. The van der Waals surface area contributed by atoms with Gasteiger partial charge in [-0.2, -0.15) is 4.98 Å². The molecule has 1 N–H and O–H groups in total. The number of fused-ring (bicyclic) bond motifs is 1. The lowest BCUT2D eigenvalue weighted by Gasteiger charge is -2.32. The van der Waals surface area contributed by atoms with Crippen molar-refractivity contribution in [2.24, 2.45) is 0 Å². The SMILES string of the molecule is O=C1CCCC2=C1C(c1cccc(Cl)c1)n1nc(SCc3ccc(F)cc3)nc1N2. The van der Waals surface area contributed by atoms with Crippen LogP contribution in [-0.2, 0) is 10.5 Å². The highest BCUT2D eigenvalue weighted by Crippen LogP contribution is 2.41. The number of anilines is 1. The highest BCUT2D eigenvalue weighted by atomic mass is 35.5. The van der Waals surface area contributed by atoms with Crippen LogP contribution in [0, 0.1) is 5.82 Å². The number of ketones is 1. The van der Waals surface area contributed by atoms with E-state index in [9.17, 15) is 9.18 Å². The maximum Gasteiger partial charge on any atom is 0.227 e. The highest BCUT2D eigenvalue weighted by Gasteiger charge is 2.36. The van der Waals surface area contributed by atoms with Gasteiger partial charge in [0.05, 0.1) is 0 Å². The summed E-state index contributed by atoms with van der Waals surface area (Å²) in [4.78, 5) is 17.5. The number of carbonyl (C=O) groups is 1. The molecule has 1 unspecified atom stereocenters. The van der Waals surface area contributed by atoms with Gasteiger partial charge in [-0.1, -0.05) is 47.6 Å². The molecule has 0 spiro atoms. The summed E-state index contributed by atoms with van der Waals surface area (Å²) >= 11 is 7.72. The average molecular weight is 441 g/mol. The molecule has 1 aliphatic carbocycles. The molecule has 1 aliphatic heterocycles. The Hall–Kier alpha value is -2.64. The van der Waals surface area contributed by atoms with Crippen molar-refractivity contribution in [2.75, 3.05) is 5.32 Å². The van der Waals surface area contributed by atoms with Gasteiger partial charge in [-0.15, -0.1) is 5.10 Å². The van der Waals surface area contributed by atoms with Crippen molar-refractivity contribution < 1.29 is 9.18 Å². The molecule has 3 aromatic rings. The molecule has 5 rings (SSSR count). The number of carbonyl (C=O) groups excluding carboxylic acids is 1. The van der Waals surface area contributed by atoms with Gasteiger partial charge < -0.3 is 5.32 Å². The smallest absolute Gasteiger partial charge is 0.227 e. The van der Waals surface area contributed by atoms with Gasteiger partial charge in [-0.3, -0.25) is 4.79 Å². The zero-order valence-corrected chi connectivity index (χ0v) is 17.5. The number of allylic oxidation sites excluding steroid dienone is 2. The monoisotopic (exact) mass is 440 g/mol. The summed E-state index contributed by atoms with van der Waals surface area (Å²) in [6.45, 7) is 0. The van der Waals surface area contributed by atoms with Gasteiger partial charge in [0.15, 0.2) is 5.78 Å². The van der Waals surface area contributed by atoms with E-state index < -0.39 is 0 Å². The first-order valence-corrected chi connectivity index (χ1v) is 11.1. The number of benzene rings is 2. The maximum absolute atomic E-state index is 13.1. The molecule has 0 saturated heterocycles. The number of aromatic nitrogens is 3. The topological polar surface area (TPSA) is 59.8 Å². The third kappa shape index (κ3) is 3.63. The molecule has 2 aliphatic rings. The zero-order chi connectivity index (χ0) is 20.7. The molecule has 2 aromatic carbocycles. The molecule has 152 valence electrons. The minimum atomic E-state index is -0.351. The molecular weight excluding hydrogens is 423 g/mol. The fourth-order valence-corrected chi connectivity index (χ4v) is 4.89. The van der Waals surface area contributed by atoms with Crippen molar-refractivity contribution in [3.63, 3.8) is 0 Å². The van der Waals surface area contributed by atoms with Crippen LogP contribution < -0.4 is 5.32 Å². The third-order valence-corrected chi connectivity index (χ3v) is 6.44. The first kappa shape index (κ1) is 19.3. The fraction of sp³-hybridized carbons (Fsp3) is 0.227. The molecule has 0 fully saturated rings. The quantitative estimate of drug-likeness (QED) is 0.551. The Morgan fingerprint density at radius 3 is 2.83 bits per heavy atom. The molecule has 0 amide bonds. The van der Waals surface area contributed by atoms with Crippen LogP contribution in [0.15, 0.2) is 65.0 Å². The fourth-order valence-electron chi connectivity index (χ4n) is 3.91. The van der Waals surface area contributed by atoms with Crippen molar-refractivity contribution in [1.82, 2.24) is 14.8 Å². The Morgan fingerprint density at radius 2 is 2.03 bits per heavy atom. The predicted molar refractivity (Wildman–Crippen MR) is 115 cm³/mol. The summed E-state index contributed by atoms with van der Waals surface area (Å²) in [5.41, 5.74) is 3.57. The van der Waals surface area contributed by atoms with Gasteiger partial charge in [0.1, 0.15) is 11.9 Å². The van der Waals surface area contributed by atoms with Crippen LogP contribution in [0.25, 0.3) is 0 Å². The molecule has 2 heterocycles. The van der Waals surface area contributed by atoms with Crippen LogP contribution in [0.5, 0.6) is 0 Å². The van der Waals surface area contributed by atoms with Crippen LogP contribution in [0.4, 0.5) is 10.3 Å². The van der Waals surface area contributed by atoms with E-state index in [1.165, 1.54) is 23.9 Å². The Morgan fingerprint density at radius 1 is 1.20 bits per heavy atom. The second-order valence-electron chi connectivity index (χ2n) is 7.33. The Bertz CT molecular complexity index is 1160. The van der Waals surface area contributed by atoms with Gasteiger partial charge >= 0.3 is 0 Å². The van der Waals surface area contributed by atoms with Crippen LogP contribution in [0.3, 0.4) is 0 Å². The second kappa shape index (κ2) is 7.89. The van der Waals surface area contributed by atoms with Crippen molar-refractivity contribution in [3.05, 3.63) is 81.8 Å². The summed E-state index contributed by atoms with van der Waals surface area (Å²) in [5, 5.41) is 9.23. The van der Waals surface area contributed by atoms with E-state index in [0.717, 1.165) is 35.2 Å². The average Bonchev–Trinajstić information content (AvgIpc) is 3.14. The summed E-state index contributed by atoms with van der Waals surface area (Å²) < 4.78 is 14.9. The van der Waals surface area contributed by atoms with Crippen LogP contribution >= 0.6 is 23.4 Å².